The van der Waals surface area contributed by atoms with Crippen LogP contribution in [0.1, 0.15) is 30.6 Å². The van der Waals surface area contributed by atoms with Crippen molar-refractivity contribution >= 4 is 23.3 Å². The van der Waals surface area contributed by atoms with E-state index in [0.717, 1.165) is 26.1 Å². The Hall–Kier alpha value is -1.33. The topological polar surface area (TPSA) is 57.3 Å². The predicted octanol–water partition coefficient (Wildman–Crippen LogP) is 2.24. The highest BCUT2D eigenvalue weighted by Crippen LogP contribution is 2.13. The fourth-order valence-corrected chi connectivity index (χ4v) is 2.14. The molecule has 1 heterocycles. The van der Waals surface area contributed by atoms with Gasteiger partial charge in [-0.05, 0) is 31.6 Å². The molecule has 0 saturated heterocycles. The molecule has 5 nitrogen and oxygen atoms in total. The highest BCUT2D eigenvalue weighted by Gasteiger charge is 2.09. The summed E-state index contributed by atoms with van der Waals surface area (Å²) < 4.78 is 0. The lowest BCUT2D eigenvalue weighted by molar-refractivity contribution is 0.0948. The predicted molar refractivity (Wildman–Crippen MR) is 83.5 cm³/mol. The average molecular weight is 299 g/mol. The second-order valence-corrected chi connectivity index (χ2v) is 4.89. The Morgan fingerprint density at radius 3 is 2.70 bits per heavy atom. The van der Waals surface area contributed by atoms with E-state index in [1.807, 2.05) is 0 Å². The van der Waals surface area contributed by atoms with Crippen LogP contribution in [0.4, 0.5) is 5.82 Å². The molecule has 1 aromatic heterocycles. The minimum atomic E-state index is -0.127. The van der Waals surface area contributed by atoms with Crippen LogP contribution in [0, 0.1) is 0 Å². The van der Waals surface area contributed by atoms with Crippen LogP contribution >= 0.6 is 11.6 Å². The molecule has 2 N–H and O–H groups in total. The normalized spacial score (nSPS) is 10.7. The van der Waals surface area contributed by atoms with Crippen LogP contribution in [0.5, 0.6) is 0 Å². The van der Waals surface area contributed by atoms with Gasteiger partial charge in [-0.2, -0.15) is 0 Å². The summed E-state index contributed by atoms with van der Waals surface area (Å²) in [4.78, 5) is 18.4. The number of rotatable bonds is 8. The van der Waals surface area contributed by atoms with Crippen LogP contribution in [-0.2, 0) is 0 Å². The zero-order valence-corrected chi connectivity index (χ0v) is 13.1. The van der Waals surface area contributed by atoms with Crippen molar-refractivity contribution in [1.82, 2.24) is 15.2 Å². The maximum absolute atomic E-state index is 12.0. The number of aromatic nitrogens is 1. The number of halogens is 1. The quantitative estimate of drug-likeness (QED) is 0.723. The SMILES string of the molecule is CCCN(CC)CCNC(=O)c1cc(Cl)nc(NC)c1. The van der Waals surface area contributed by atoms with Gasteiger partial charge >= 0.3 is 0 Å². The van der Waals surface area contributed by atoms with Crippen LogP contribution in [0.25, 0.3) is 0 Å². The molecule has 112 valence electrons. The number of anilines is 1. The summed E-state index contributed by atoms with van der Waals surface area (Å²) in [6.07, 6.45) is 1.12. The van der Waals surface area contributed by atoms with Crippen molar-refractivity contribution in [3.8, 4) is 0 Å². The van der Waals surface area contributed by atoms with E-state index in [1.165, 1.54) is 0 Å². The van der Waals surface area contributed by atoms with E-state index in [2.05, 4.69) is 34.4 Å². The molecule has 1 aromatic rings. The molecule has 0 atom stereocenters. The van der Waals surface area contributed by atoms with Crippen molar-refractivity contribution in [1.29, 1.82) is 0 Å². The Morgan fingerprint density at radius 1 is 1.35 bits per heavy atom. The molecule has 20 heavy (non-hydrogen) atoms. The van der Waals surface area contributed by atoms with Crippen molar-refractivity contribution in [3.63, 3.8) is 0 Å². The van der Waals surface area contributed by atoms with Crippen molar-refractivity contribution in [2.75, 3.05) is 38.5 Å². The maximum atomic E-state index is 12.0. The van der Waals surface area contributed by atoms with Crippen LogP contribution in [-0.4, -0.2) is 49.0 Å². The summed E-state index contributed by atoms with van der Waals surface area (Å²) in [5.41, 5.74) is 0.521. The standard InChI is InChI=1S/C14H23ClN4O/c1-4-7-19(5-2)8-6-17-14(20)11-9-12(15)18-13(10-11)16-3/h9-10H,4-8H2,1-3H3,(H,16,18)(H,17,20). The molecule has 0 fully saturated rings. The number of nitrogens with one attached hydrogen (secondary N) is 2. The first-order valence-corrected chi connectivity index (χ1v) is 7.34. The van der Waals surface area contributed by atoms with Gasteiger partial charge in [-0.3, -0.25) is 4.79 Å². The molecule has 1 amide bonds. The second kappa shape index (κ2) is 8.76. The minimum absolute atomic E-state index is 0.127. The van der Waals surface area contributed by atoms with Crippen LogP contribution in [0.3, 0.4) is 0 Å². The number of nitrogens with zero attached hydrogens (tertiary/aromatic N) is 2. The molecular formula is C14H23ClN4O. The Bertz CT molecular complexity index is 439. The summed E-state index contributed by atoms with van der Waals surface area (Å²) in [7, 11) is 1.74. The largest absolute Gasteiger partial charge is 0.373 e. The highest BCUT2D eigenvalue weighted by molar-refractivity contribution is 6.29. The van der Waals surface area contributed by atoms with Crippen LogP contribution < -0.4 is 10.6 Å². The summed E-state index contributed by atoms with van der Waals surface area (Å²) in [5.74, 6) is 0.460. The number of hydrogen-bond donors (Lipinski definition) is 2. The lowest BCUT2D eigenvalue weighted by Crippen LogP contribution is -2.35. The van der Waals surface area contributed by atoms with Gasteiger partial charge in [0.25, 0.3) is 5.91 Å². The molecule has 0 aromatic carbocycles. The first-order chi connectivity index (χ1) is 9.60. The lowest BCUT2D eigenvalue weighted by atomic mass is 10.2. The van der Waals surface area contributed by atoms with Gasteiger partial charge in [-0.25, -0.2) is 4.98 Å². The smallest absolute Gasteiger partial charge is 0.251 e. The molecule has 0 aliphatic heterocycles. The van der Waals surface area contributed by atoms with Gasteiger partial charge in [-0.1, -0.05) is 25.4 Å². The third kappa shape index (κ3) is 5.35. The second-order valence-electron chi connectivity index (χ2n) is 4.50. The zero-order chi connectivity index (χ0) is 15.0. The first-order valence-electron chi connectivity index (χ1n) is 6.96. The minimum Gasteiger partial charge on any atom is -0.373 e. The number of likely N-dealkylation sites (N-methyl/N-ethyl adjacent to an activating group) is 1. The molecule has 0 radical (unpaired) electrons. The van der Waals surface area contributed by atoms with E-state index >= 15 is 0 Å². The van der Waals surface area contributed by atoms with Gasteiger partial charge in [0.1, 0.15) is 11.0 Å². The van der Waals surface area contributed by atoms with Gasteiger partial charge < -0.3 is 15.5 Å². The highest BCUT2D eigenvalue weighted by atomic mass is 35.5. The van der Waals surface area contributed by atoms with Gasteiger partial charge in [0.2, 0.25) is 0 Å². The van der Waals surface area contributed by atoms with Gasteiger partial charge in [0.15, 0.2) is 0 Å². The third-order valence-electron chi connectivity index (χ3n) is 3.01. The molecular weight excluding hydrogens is 276 g/mol. The van der Waals surface area contributed by atoms with E-state index in [0.29, 0.717) is 23.1 Å². The van der Waals surface area contributed by atoms with Crippen molar-refractivity contribution in [3.05, 3.63) is 22.8 Å². The molecule has 0 unspecified atom stereocenters. The fourth-order valence-electron chi connectivity index (χ4n) is 1.93. The molecule has 0 spiro atoms. The molecule has 0 bridgehead atoms. The van der Waals surface area contributed by atoms with E-state index in [-0.39, 0.29) is 5.91 Å². The van der Waals surface area contributed by atoms with Gasteiger partial charge in [0, 0.05) is 25.7 Å². The number of carbonyl (C=O) groups is 1. The van der Waals surface area contributed by atoms with Crippen molar-refractivity contribution in [2.45, 2.75) is 20.3 Å². The van der Waals surface area contributed by atoms with Crippen molar-refractivity contribution < 1.29 is 4.79 Å². The van der Waals surface area contributed by atoms with E-state index in [4.69, 9.17) is 11.6 Å². The molecule has 6 heteroatoms. The number of carbonyl (C=O) groups excluding carboxylic acids is 1. The summed E-state index contributed by atoms with van der Waals surface area (Å²) >= 11 is 5.88. The molecule has 1 rings (SSSR count). The summed E-state index contributed by atoms with van der Waals surface area (Å²) in [6.45, 7) is 7.81. The number of amides is 1. The number of pyridine rings is 1. The monoisotopic (exact) mass is 298 g/mol. The van der Waals surface area contributed by atoms with Crippen molar-refractivity contribution in [2.24, 2.45) is 0 Å². The van der Waals surface area contributed by atoms with E-state index in [9.17, 15) is 4.79 Å². The lowest BCUT2D eigenvalue weighted by Gasteiger charge is -2.19. The van der Waals surface area contributed by atoms with Crippen LogP contribution in [0.2, 0.25) is 5.15 Å². The Balaban J connectivity index is 2.52. The molecule has 0 aliphatic carbocycles. The Labute approximate surface area is 125 Å². The van der Waals surface area contributed by atoms with Gasteiger partial charge in [0.05, 0.1) is 0 Å². The number of hydrogen-bond acceptors (Lipinski definition) is 4. The Morgan fingerprint density at radius 2 is 2.10 bits per heavy atom. The summed E-state index contributed by atoms with van der Waals surface area (Å²) in [5, 5.41) is 6.09. The van der Waals surface area contributed by atoms with E-state index in [1.54, 1.807) is 19.2 Å². The molecule has 0 aliphatic rings. The van der Waals surface area contributed by atoms with E-state index < -0.39 is 0 Å². The first kappa shape index (κ1) is 16.7. The summed E-state index contributed by atoms with van der Waals surface area (Å²) in [6, 6.07) is 3.26. The fraction of sp³-hybridized carbons (Fsp3) is 0.571. The van der Waals surface area contributed by atoms with Gasteiger partial charge in [-0.15, -0.1) is 0 Å². The zero-order valence-electron chi connectivity index (χ0n) is 12.4. The maximum Gasteiger partial charge on any atom is 0.251 e. The average Bonchev–Trinajstić information content (AvgIpc) is 2.45. The third-order valence-corrected chi connectivity index (χ3v) is 3.21. The Kier molecular flexibility index (Phi) is 7.33. The molecule has 0 saturated carbocycles. The van der Waals surface area contributed by atoms with Crippen LogP contribution in [0.15, 0.2) is 12.1 Å².